The number of carboxylic acids is 1. The highest BCUT2D eigenvalue weighted by atomic mass is 16.5. The minimum Gasteiger partial charge on any atom is -0.480 e. The number of esters is 1. The van der Waals surface area contributed by atoms with Crippen LogP contribution in [0.4, 0.5) is 0 Å². The highest BCUT2D eigenvalue weighted by Gasteiger charge is 2.19. The average Bonchev–Trinajstić information content (AvgIpc) is 3.21. The number of amides is 2. The maximum absolute atomic E-state index is 12.8. The topological polar surface area (TPSA) is 142 Å². The van der Waals surface area contributed by atoms with E-state index in [1.807, 2.05) is 0 Å². The molecule has 9 heteroatoms. The Morgan fingerprint density at radius 2 is 0.776 bits per heavy atom. The number of aliphatic hydroxyl groups is 1. The molecule has 0 aliphatic rings. The van der Waals surface area contributed by atoms with E-state index in [-0.39, 0.29) is 24.5 Å². The van der Waals surface area contributed by atoms with E-state index in [1.165, 1.54) is 173 Å². The summed E-state index contributed by atoms with van der Waals surface area (Å²) in [6.07, 6.45) is 47.2. The van der Waals surface area contributed by atoms with Crippen LogP contribution in [0, 0.1) is 0 Å². The van der Waals surface area contributed by atoms with Crippen LogP contribution in [0.2, 0.25) is 0 Å². The number of nitrogens with one attached hydrogen (secondary N) is 2. The molecule has 9 nitrogen and oxygen atoms in total. The second-order valence-electron chi connectivity index (χ2n) is 17.3. The van der Waals surface area contributed by atoms with Crippen molar-refractivity contribution in [3.63, 3.8) is 0 Å². The maximum Gasteiger partial charge on any atom is 0.328 e. The van der Waals surface area contributed by atoms with Crippen LogP contribution in [-0.2, 0) is 23.9 Å². The minimum atomic E-state index is -1.38. The zero-order valence-corrected chi connectivity index (χ0v) is 38.1. The van der Waals surface area contributed by atoms with Crippen molar-refractivity contribution in [1.29, 1.82) is 0 Å². The van der Waals surface area contributed by atoms with Crippen molar-refractivity contribution < 1.29 is 34.1 Å². The lowest BCUT2D eigenvalue weighted by molar-refractivity contribution is -0.150. The molecule has 4 N–H and O–H groups in total. The Morgan fingerprint density at radius 3 is 1.12 bits per heavy atom. The third kappa shape index (κ3) is 40.6. The lowest BCUT2D eigenvalue weighted by Gasteiger charge is -2.18. The zero-order chi connectivity index (χ0) is 42.6. The molecule has 2 unspecified atom stereocenters. The van der Waals surface area contributed by atoms with Crippen LogP contribution in [0.5, 0.6) is 0 Å². The highest BCUT2D eigenvalue weighted by molar-refractivity contribution is 5.87. The van der Waals surface area contributed by atoms with E-state index in [2.05, 4.69) is 24.5 Å². The predicted molar refractivity (Wildman–Crippen MR) is 241 cm³/mol. The first-order chi connectivity index (χ1) is 28.3. The fourth-order valence-corrected chi connectivity index (χ4v) is 7.78. The van der Waals surface area contributed by atoms with Gasteiger partial charge in [0.2, 0.25) is 11.8 Å². The summed E-state index contributed by atoms with van der Waals surface area (Å²) >= 11 is 0. The monoisotopic (exact) mass is 823 g/mol. The summed E-state index contributed by atoms with van der Waals surface area (Å²) < 4.78 is 6.04. The number of carbonyl (C=O) groups excluding carboxylic acids is 3. The van der Waals surface area contributed by atoms with Gasteiger partial charge in [0, 0.05) is 12.8 Å². The molecule has 58 heavy (non-hydrogen) atoms. The van der Waals surface area contributed by atoms with Crippen LogP contribution in [0.25, 0.3) is 0 Å². The van der Waals surface area contributed by atoms with Gasteiger partial charge in [-0.05, 0) is 38.5 Å². The molecule has 0 fully saturated rings. The number of aliphatic carboxylic acids is 1. The molecule has 0 saturated heterocycles. The maximum atomic E-state index is 12.8. The molecule has 2 amide bonds. The van der Waals surface area contributed by atoms with Crippen molar-refractivity contribution in [2.45, 2.75) is 276 Å². The van der Waals surface area contributed by atoms with Gasteiger partial charge in [-0.25, -0.2) is 4.79 Å². The Labute approximate surface area is 357 Å². The van der Waals surface area contributed by atoms with Gasteiger partial charge in [-0.2, -0.15) is 0 Å². The van der Waals surface area contributed by atoms with Crippen molar-refractivity contribution in [3.05, 3.63) is 0 Å². The van der Waals surface area contributed by atoms with Gasteiger partial charge in [-0.1, -0.05) is 213 Å². The van der Waals surface area contributed by atoms with Gasteiger partial charge in [-0.15, -0.1) is 0 Å². The molecule has 2 atom stereocenters. The Balaban J connectivity index is 4.08. The lowest BCUT2D eigenvalue weighted by Crippen LogP contribution is -2.47. The molecular weight excluding hydrogens is 729 g/mol. The number of hydrogen-bond donors (Lipinski definition) is 4. The van der Waals surface area contributed by atoms with Gasteiger partial charge in [0.1, 0.15) is 12.1 Å². The third-order valence-corrected chi connectivity index (χ3v) is 11.6. The molecule has 0 aliphatic heterocycles. The molecule has 0 saturated carbocycles. The standard InChI is InChI=1S/C49H94N2O7/c1-3-5-7-9-11-13-14-15-16-17-18-19-20-21-22-23-24-26-28-33-37-41-48(55)58-44(38-34-30-27-25-12-10-8-6-4-2)39-35-31-29-32-36-40-46(53)50-42-47(54)51-45(43-52)49(56)57/h44-45,52H,3-43H2,1-2H3,(H,50,53)(H,51,54)(H,56,57). The summed E-state index contributed by atoms with van der Waals surface area (Å²) in [5, 5.41) is 22.6. The summed E-state index contributed by atoms with van der Waals surface area (Å²) in [6, 6.07) is -1.38. The molecule has 342 valence electrons. The third-order valence-electron chi connectivity index (χ3n) is 11.6. The molecule has 0 bridgehead atoms. The van der Waals surface area contributed by atoms with Gasteiger partial charge >= 0.3 is 11.9 Å². The van der Waals surface area contributed by atoms with Gasteiger partial charge in [0.05, 0.1) is 13.2 Å². The summed E-state index contributed by atoms with van der Waals surface area (Å²) in [5.41, 5.74) is 0. The Hall–Kier alpha value is -2.16. The van der Waals surface area contributed by atoms with Crippen molar-refractivity contribution in [3.8, 4) is 0 Å². The van der Waals surface area contributed by atoms with E-state index >= 15 is 0 Å². The summed E-state index contributed by atoms with van der Waals surface area (Å²) in [6.45, 7) is 3.51. The Kier molecular flexibility index (Phi) is 42.7. The highest BCUT2D eigenvalue weighted by Crippen LogP contribution is 2.20. The minimum absolute atomic E-state index is 0.00422. The Bertz CT molecular complexity index is 946. The van der Waals surface area contributed by atoms with Crippen molar-refractivity contribution in [1.82, 2.24) is 10.6 Å². The normalized spacial score (nSPS) is 12.3. The molecule has 0 aliphatic carbocycles. The van der Waals surface area contributed by atoms with Crippen LogP contribution < -0.4 is 10.6 Å². The smallest absolute Gasteiger partial charge is 0.328 e. The molecule has 0 heterocycles. The van der Waals surface area contributed by atoms with Crippen LogP contribution in [0.1, 0.15) is 264 Å². The average molecular weight is 823 g/mol. The summed E-state index contributed by atoms with van der Waals surface area (Å²) in [7, 11) is 0. The van der Waals surface area contributed by atoms with Gasteiger partial charge in [0.25, 0.3) is 0 Å². The molecule has 0 aromatic rings. The molecule has 0 rings (SSSR count). The molecule has 0 aromatic carbocycles. The Morgan fingerprint density at radius 1 is 0.448 bits per heavy atom. The number of hydrogen-bond acceptors (Lipinski definition) is 6. The SMILES string of the molecule is CCCCCCCCCCCCCCCCCCCCCCCC(=O)OC(CCCCCCCCCCC)CCCCCCCC(=O)NCC(=O)NC(CO)C(=O)O. The van der Waals surface area contributed by atoms with E-state index in [0.717, 1.165) is 57.8 Å². The zero-order valence-electron chi connectivity index (χ0n) is 38.1. The number of aliphatic hydroxyl groups excluding tert-OH is 1. The van der Waals surface area contributed by atoms with Crippen LogP contribution in [-0.4, -0.2) is 59.3 Å². The van der Waals surface area contributed by atoms with Gasteiger partial charge in [0.15, 0.2) is 0 Å². The second-order valence-corrected chi connectivity index (χ2v) is 17.3. The van der Waals surface area contributed by atoms with Crippen LogP contribution in [0.3, 0.4) is 0 Å². The second kappa shape index (κ2) is 44.4. The van der Waals surface area contributed by atoms with E-state index in [9.17, 15) is 19.2 Å². The number of ether oxygens (including phenoxy) is 1. The number of rotatable bonds is 46. The fourth-order valence-electron chi connectivity index (χ4n) is 7.78. The van der Waals surface area contributed by atoms with E-state index in [4.69, 9.17) is 14.9 Å². The van der Waals surface area contributed by atoms with E-state index in [0.29, 0.717) is 19.3 Å². The van der Waals surface area contributed by atoms with Crippen LogP contribution in [0.15, 0.2) is 0 Å². The fraction of sp³-hybridized carbons (Fsp3) is 0.918. The molecule has 0 aromatic heterocycles. The molecular formula is C49H94N2O7. The quantitative estimate of drug-likeness (QED) is 0.0354. The van der Waals surface area contributed by atoms with Crippen molar-refractivity contribution in [2.24, 2.45) is 0 Å². The van der Waals surface area contributed by atoms with Crippen LogP contribution >= 0.6 is 0 Å². The molecule has 0 radical (unpaired) electrons. The van der Waals surface area contributed by atoms with Crippen molar-refractivity contribution >= 4 is 23.8 Å². The first-order valence-electron chi connectivity index (χ1n) is 24.9. The number of carboxylic acid groups (broad SMARTS) is 1. The largest absolute Gasteiger partial charge is 0.480 e. The van der Waals surface area contributed by atoms with E-state index < -0.39 is 24.5 Å². The summed E-state index contributed by atoms with van der Waals surface area (Å²) in [5.74, 6) is -2.27. The van der Waals surface area contributed by atoms with E-state index in [1.54, 1.807) is 0 Å². The first-order valence-corrected chi connectivity index (χ1v) is 24.9. The predicted octanol–water partition coefficient (Wildman–Crippen LogP) is 12.8. The van der Waals surface area contributed by atoms with Gasteiger partial charge < -0.3 is 25.6 Å². The summed E-state index contributed by atoms with van der Waals surface area (Å²) in [4.78, 5) is 47.6. The number of unbranched alkanes of at least 4 members (excludes halogenated alkanes) is 32. The van der Waals surface area contributed by atoms with Gasteiger partial charge in [-0.3, -0.25) is 14.4 Å². The first kappa shape index (κ1) is 55.8. The molecule has 0 spiro atoms. The van der Waals surface area contributed by atoms with Crippen molar-refractivity contribution in [2.75, 3.05) is 13.2 Å². The number of carbonyl (C=O) groups is 4. The lowest BCUT2D eigenvalue weighted by atomic mass is 10.0.